The zero-order chi connectivity index (χ0) is 11.6. The molecule has 0 fully saturated rings. The third-order valence-corrected chi connectivity index (χ3v) is 3.90. The van der Waals surface area contributed by atoms with Gasteiger partial charge in [-0.2, -0.15) is 0 Å². The molecule has 3 nitrogen and oxygen atoms in total. The van der Waals surface area contributed by atoms with Crippen LogP contribution < -0.4 is 5.73 Å². The lowest BCUT2D eigenvalue weighted by Gasteiger charge is -2.18. The SMILES string of the molecule is CC[C@@H](O)[C@@H](N)c1cc(I)c(O)c(I)c1.Cl. The first-order valence-corrected chi connectivity index (χ1v) is 6.74. The fourth-order valence-corrected chi connectivity index (χ4v) is 3.07. The summed E-state index contributed by atoms with van der Waals surface area (Å²) >= 11 is 4.10. The van der Waals surface area contributed by atoms with Gasteiger partial charge in [0.25, 0.3) is 0 Å². The van der Waals surface area contributed by atoms with Crippen LogP contribution in [-0.4, -0.2) is 16.3 Å². The minimum atomic E-state index is -0.541. The molecule has 1 rings (SSSR count). The highest BCUT2D eigenvalue weighted by atomic mass is 127. The second-order valence-electron chi connectivity index (χ2n) is 3.33. The van der Waals surface area contributed by atoms with Crippen LogP contribution in [0.1, 0.15) is 24.9 Å². The van der Waals surface area contributed by atoms with Gasteiger partial charge in [-0.25, -0.2) is 0 Å². The Morgan fingerprint density at radius 1 is 1.31 bits per heavy atom. The van der Waals surface area contributed by atoms with E-state index in [1.165, 1.54) is 0 Å². The lowest BCUT2D eigenvalue weighted by molar-refractivity contribution is 0.140. The molecule has 0 unspecified atom stereocenters. The van der Waals surface area contributed by atoms with Gasteiger partial charge in [0.05, 0.1) is 19.3 Å². The van der Waals surface area contributed by atoms with Crippen molar-refractivity contribution in [1.82, 2.24) is 0 Å². The van der Waals surface area contributed by atoms with E-state index in [9.17, 15) is 10.2 Å². The number of aliphatic hydroxyl groups is 1. The van der Waals surface area contributed by atoms with Gasteiger partial charge in [0.15, 0.2) is 0 Å². The van der Waals surface area contributed by atoms with E-state index in [0.717, 1.165) is 12.7 Å². The third-order valence-electron chi connectivity index (χ3n) is 2.26. The Morgan fingerprint density at radius 2 is 1.75 bits per heavy atom. The maximum Gasteiger partial charge on any atom is 0.142 e. The fourth-order valence-electron chi connectivity index (χ4n) is 1.25. The van der Waals surface area contributed by atoms with Crippen LogP contribution in [0.3, 0.4) is 0 Å². The zero-order valence-corrected chi connectivity index (χ0v) is 13.8. The number of halogens is 3. The van der Waals surface area contributed by atoms with Gasteiger partial charge in [0, 0.05) is 0 Å². The summed E-state index contributed by atoms with van der Waals surface area (Å²) in [5, 5.41) is 19.2. The van der Waals surface area contributed by atoms with Crippen molar-refractivity contribution in [3.63, 3.8) is 0 Å². The first-order chi connectivity index (χ1) is 6.97. The first-order valence-electron chi connectivity index (χ1n) is 4.59. The number of nitrogens with two attached hydrogens (primary N) is 1. The number of benzene rings is 1. The first kappa shape index (κ1) is 16.7. The Hall–Kier alpha value is 0.690. The van der Waals surface area contributed by atoms with Gasteiger partial charge in [0.2, 0.25) is 0 Å². The second kappa shape index (κ2) is 7.20. The van der Waals surface area contributed by atoms with Crippen LogP contribution in [0.2, 0.25) is 0 Å². The Balaban J connectivity index is 0.00000225. The number of hydrogen-bond donors (Lipinski definition) is 3. The van der Waals surface area contributed by atoms with E-state index in [0.29, 0.717) is 6.42 Å². The summed E-state index contributed by atoms with van der Waals surface area (Å²) in [6.07, 6.45) is 0.0796. The molecule has 4 N–H and O–H groups in total. The van der Waals surface area contributed by atoms with Crippen molar-refractivity contribution in [3.05, 3.63) is 24.8 Å². The van der Waals surface area contributed by atoms with E-state index in [4.69, 9.17) is 5.73 Å². The quantitative estimate of drug-likeness (QED) is 0.597. The highest BCUT2D eigenvalue weighted by molar-refractivity contribution is 14.1. The molecule has 0 aromatic heterocycles. The van der Waals surface area contributed by atoms with Crippen LogP contribution in [0, 0.1) is 7.14 Å². The third kappa shape index (κ3) is 3.86. The van der Waals surface area contributed by atoms with Crippen LogP contribution in [-0.2, 0) is 0 Å². The molecule has 16 heavy (non-hydrogen) atoms. The minimum Gasteiger partial charge on any atom is -0.506 e. The van der Waals surface area contributed by atoms with Crippen LogP contribution in [0.15, 0.2) is 12.1 Å². The molecule has 1 aromatic carbocycles. The van der Waals surface area contributed by atoms with Gasteiger partial charge in [-0.15, -0.1) is 12.4 Å². The molecular weight excluding hydrogens is 455 g/mol. The minimum absolute atomic E-state index is 0. The van der Waals surface area contributed by atoms with E-state index < -0.39 is 12.1 Å². The summed E-state index contributed by atoms with van der Waals surface area (Å²) in [6, 6.07) is 3.22. The van der Waals surface area contributed by atoms with Gasteiger partial charge >= 0.3 is 0 Å². The number of phenolic OH excluding ortho intramolecular Hbond substituents is 1. The van der Waals surface area contributed by atoms with Crippen molar-refractivity contribution in [2.24, 2.45) is 5.73 Å². The van der Waals surface area contributed by atoms with Crippen molar-refractivity contribution in [1.29, 1.82) is 0 Å². The number of phenols is 1. The molecule has 0 amide bonds. The Labute approximate surface area is 128 Å². The predicted molar refractivity (Wildman–Crippen MR) is 84.0 cm³/mol. The van der Waals surface area contributed by atoms with Gasteiger partial charge < -0.3 is 15.9 Å². The van der Waals surface area contributed by atoms with E-state index in [-0.39, 0.29) is 18.2 Å². The number of aromatic hydroxyl groups is 1. The number of rotatable bonds is 3. The van der Waals surface area contributed by atoms with Crippen molar-refractivity contribution >= 4 is 57.6 Å². The average molecular weight is 469 g/mol. The molecule has 0 heterocycles. The topological polar surface area (TPSA) is 66.5 Å². The predicted octanol–water partition coefficient (Wildman–Crippen LogP) is 2.79. The molecule has 92 valence electrons. The molecule has 2 atom stereocenters. The van der Waals surface area contributed by atoms with Gasteiger partial charge in [-0.05, 0) is 69.3 Å². The van der Waals surface area contributed by atoms with E-state index in [1.807, 2.05) is 19.1 Å². The molecule has 0 spiro atoms. The zero-order valence-electron chi connectivity index (χ0n) is 8.65. The van der Waals surface area contributed by atoms with E-state index >= 15 is 0 Å². The Bertz CT molecular complexity index is 340. The second-order valence-corrected chi connectivity index (χ2v) is 5.66. The highest BCUT2D eigenvalue weighted by Crippen LogP contribution is 2.30. The average Bonchev–Trinajstić information content (AvgIpc) is 2.23. The monoisotopic (exact) mass is 469 g/mol. The van der Waals surface area contributed by atoms with Gasteiger partial charge in [-0.3, -0.25) is 0 Å². The number of aliphatic hydroxyl groups excluding tert-OH is 1. The normalized spacial score (nSPS) is 14.1. The molecule has 0 aliphatic heterocycles. The van der Waals surface area contributed by atoms with E-state index in [1.54, 1.807) is 0 Å². The van der Waals surface area contributed by atoms with Crippen LogP contribution in [0.4, 0.5) is 0 Å². The molecule has 6 heteroatoms. The summed E-state index contributed by atoms with van der Waals surface area (Å²) in [4.78, 5) is 0. The van der Waals surface area contributed by atoms with Crippen molar-refractivity contribution < 1.29 is 10.2 Å². The Morgan fingerprint density at radius 3 is 2.12 bits per heavy atom. The van der Waals surface area contributed by atoms with Gasteiger partial charge in [-0.1, -0.05) is 6.92 Å². The summed E-state index contributed by atoms with van der Waals surface area (Å²) < 4.78 is 1.52. The maximum absolute atomic E-state index is 9.64. The van der Waals surface area contributed by atoms with Crippen LogP contribution in [0.25, 0.3) is 0 Å². The van der Waals surface area contributed by atoms with Crippen molar-refractivity contribution in [2.45, 2.75) is 25.5 Å². The smallest absolute Gasteiger partial charge is 0.142 e. The van der Waals surface area contributed by atoms with Crippen molar-refractivity contribution in [2.75, 3.05) is 0 Å². The molecule has 0 bridgehead atoms. The van der Waals surface area contributed by atoms with Crippen LogP contribution in [0.5, 0.6) is 5.75 Å². The summed E-state index contributed by atoms with van der Waals surface area (Å²) in [7, 11) is 0. The standard InChI is InChI=1S/C10H13I2NO2.ClH/c1-2-8(14)9(13)5-3-6(11)10(15)7(12)4-5;/h3-4,8-9,14-15H,2,13H2,1H3;1H/t8-,9+;/m1./s1. The largest absolute Gasteiger partial charge is 0.506 e. The van der Waals surface area contributed by atoms with E-state index in [2.05, 4.69) is 45.2 Å². The molecule has 0 saturated heterocycles. The molecule has 0 saturated carbocycles. The molecular formula is C10H14ClI2NO2. The summed E-state index contributed by atoms with van der Waals surface area (Å²) in [5.41, 5.74) is 6.76. The molecule has 0 aliphatic carbocycles. The van der Waals surface area contributed by atoms with Gasteiger partial charge in [0.1, 0.15) is 5.75 Å². The lowest BCUT2D eigenvalue weighted by Crippen LogP contribution is -2.25. The lowest BCUT2D eigenvalue weighted by atomic mass is 10.0. The number of hydrogen-bond acceptors (Lipinski definition) is 3. The maximum atomic E-state index is 9.64. The summed E-state index contributed by atoms with van der Waals surface area (Å²) in [6.45, 7) is 1.89. The summed E-state index contributed by atoms with van der Waals surface area (Å²) in [5.74, 6) is 0.276. The highest BCUT2D eigenvalue weighted by Gasteiger charge is 2.17. The van der Waals surface area contributed by atoms with Crippen LogP contribution >= 0.6 is 57.6 Å². The fraction of sp³-hybridized carbons (Fsp3) is 0.400. The molecule has 0 radical (unpaired) electrons. The molecule has 1 aromatic rings. The Kier molecular flexibility index (Phi) is 7.51. The van der Waals surface area contributed by atoms with Crippen molar-refractivity contribution in [3.8, 4) is 5.75 Å². The molecule has 0 aliphatic rings.